The van der Waals surface area contributed by atoms with Crippen molar-refractivity contribution in [3.05, 3.63) is 42.2 Å². The van der Waals surface area contributed by atoms with E-state index in [1.807, 2.05) is 6.07 Å². The number of hydrogen-bond donors (Lipinski definition) is 2. The Morgan fingerprint density at radius 2 is 1.76 bits per heavy atom. The summed E-state index contributed by atoms with van der Waals surface area (Å²) in [6.45, 7) is 1.55. The van der Waals surface area contributed by atoms with Crippen LogP contribution in [0.25, 0.3) is 5.69 Å². The van der Waals surface area contributed by atoms with E-state index in [-0.39, 0.29) is 17.1 Å². The van der Waals surface area contributed by atoms with Gasteiger partial charge in [0.25, 0.3) is 0 Å². The molecule has 1 saturated heterocycles. The molecule has 2 aliphatic heterocycles. The highest BCUT2D eigenvalue weighted by Gasteiger charge is 2.52. The number of ether oxygens (including phenoxy) is 1. The number of carbonyl (C=O) groups is 1. The van der Waals surface area contributed by atoms with Crippen molar-refractivity contribution in [2.24, 2.45) is 17.8 Å². The maximum Gasteiger partial charge on any atom is 0.317 e. The Morgan fingerprint density at radius 1 is 1.06 bits per heavy atom. The number of carbonyl (C=O) groups excluding carboxylic acids is 1. The second-order valence-corrected chi connectivity index (χ2v) is 11.5. The molecule has 2 aromatic rings. The predicted octanol–water partition coefficient (Wildman–Crippen LogP) is 4.88. The summed E-state index contributed by atoms with van der Waals surface area (Å²) in [6, 6.07) is 10.7. The lowest BCUT2D eigenvalue weighted by Gasteiger charge is -2.57. The minimum atomic E-state index is -0.152. The maximum absolute atomic E-state index is 13.4. The van der Waals surface area contributed by atoms with Gasteiger partial charge >= 0.3 is 6.03 Å². The summed E-state index contributed by atoms with van der Waals surface area (Å²) in [5.41, 5.74) is 3.48. The van der Waals surface area contributed by atoms with Crippen molar-refractivity contribution < 1.29 is 9.53 Å². The van der Waals surface area contributed by atoms with Crippen LogP contribution < -0.4 is 15.4 Å². The molecule has 174 valence electrons. The number of rotatable bonds is 2. The van der Waals surface area contributed by atoms with Gasteiger partial charge in [-0.15, -0.1) is 0 Å². The molecule has 6 aliphatic rings. The number of nitrogens with one attached hydrogen (secondary N) is 2. The summed E-state index contributed by atoms with van der Waals surface area (Å²) in [7, 11) is 1.71. The van der Waals surface area contributed by atoms with E-state index >= 15 is 0 Å². The Hall–Kier alpha value is -2.63. The molecule has 8 rings (SSSR count). The number of likely N-dealkylation sites (tertiary alicyclic amines) is 1. The molecule has 4 saturated carbocycles. The first-order valence-corrected chi connectivity index (χ1v) is 12.8. The Bertz CT molecular complexity index is 1060. The number of hydrogen-bond acceptors (Lipinski definition) is 3. The fourth-order valence-electron chi connectivity index (χ4n) is 8.30. The SMILES string of the molecule is COc1ccc2c(c1)NC1(CCN(C(=O)NC34CC5CC(CC(C5)C3)C4)CC1)c1cccn1-2. The second kappa shape index (κ2) is 6.94. The number of nitrogens with zero attached hydrogens (tertiary/aromatic N) is 2. The second-order valence-electron chi connectivity index (χ2n) is 11.5. The third kappa shape index (κ3) is 3.02. The highest BCUT2D eigenvalue weighted by Crippen LogP contribution is 2.55. The van der Waals surface area contributed by atoms with Gasteiger partial charge in [-0.3, -0.25) is 0 Å². The average Bonchev–Trinajstić information content (AvgIpc) is 3.29. The van der Waals surface area contributed by atoms with Gasteiger partial charge in [-0.1, -0.05) is 0 Å². The molecule has 6 nitrogen and oxygen atoms in total. The van der Waals surface area contributed by atoms with Gasteiger partial charge < -0.3 is 24.8 Å². The maximum atomic E-state index is 13.4. The minimum absolute atomic E-state index is 0.0776. The van der Waals surface area contributed by atoms with Crippen molar-refractivity contribution in [1.29, 1.82) is 0 Å². The molecular weight excluding hydrogens is 412 g/mol. The van der Waals surface area contributed by atoms with Gasteiger partial charge in [0.1, 0.15) is 5.75 Å². The van der Waals surface area contributed by atoms with Crippen molar-refractivity contribution in [3.63, 3.8) is 0 Å². The quantitative estimate of drug-likeness (QED) is 0.691. The van der Waals surface area contributed by atoms with Crippen LogP contribution in [0.15, 0.2) is 36.5 Å². The van der Waals surface area contributed by atoms with Crippen LogP contribution in [0.3, 0.4) is 0 Å². The van der Waals surface area contributed by atoms with Crippen LogP contribution in [0, 0.1) is 17.8 Å². The van der Waals surface area contributed by atoms with Crippen molar-refractivity contribution in [2.45, 2.75) is 62.4 Å². The molecular formula is C27H34N4O2. The van der Waals surface area contributed by atoms with Crippen LogP contribution in [-0.4, -0.2) is 41.2 Å². The molecule has 1 aromatic heterocycles. The zero-order valence-corrected chi connectivity index (χ0v) is 19.5. The van der Waals surface area contributed by atoms with Crippen molar-refractivity contribution in [1.82, 2.24) is 14.8 Å². The van der Waals surface area contributed by atoms with Crippen LogP contribution in [-0.2, 0) is 5.54 Å². The van der Waals surface area contributed by atoms with E-state index in [1.165, 1.54) is 44.2 Å². The fraction of sp³-hybridized carbons (Fsp3) is 0.593. The Labute approximate surface area is 195 Å². The third-order valence-electron chi connectivity index (χ3n) is 9.39. The van der Waals surface area contributed by atoms with Gasteiger partial charge in [-0.05, 0) is 93.4 Å². The smallest absolute Gasteiger partial charge is 0.317 e. The van der Waals surface area contributed by atoms with E-state index in [1.54, 1.807) is 7.11 Å². The minimum Gasteiger partial charge on any atom is -0.497 e. The van der Waals surface area contributed by atoms with E-state index in [0.717, 1.165) is 60.8 Å². The molecule has 1 aromatic carbocycles. The Morgan fingerprint density at radius 3 is 2.42 bits per heavy atom. The summed E-state index contributed by atoms with van der Waals surface area (Å²) < 4.78 is 7.78. The number of anilines is 1. The van der Waals surface area contributed by atoms with Crippen LogP contribution in [0.5, 0.6) is 5.75 Å². The van der Waals surface area contributed by atoms with E-state index in [2.05, 4.69) is 50.6 Å². The Kier molecular flexibility index (Phi) is 4.16. The van der Waals surface area contributed by atoms with E-state index in [0.29, 0.717) is 0 Å². The van der Waals surface area contributed by atoms with E-state index in [9.17, 15) is 4.79 Å². The molecule has 33 heavy (non-hydrogen) atoms. The summed E-state index contributed by atoms with van der Waals surface area (Å²) in [5.74, 6) is 3.40. The number of urea groups is 1. The van der Waals surface area contributed by atoms with Crippen molar-refractivity contribution in [2.75, 3.05) is 25.5 Å². The van der Waals surface area contributed by atoms with Gasteiger partial charge in [0, 0.05) is 36.6 Å². The lowest BCUT2D eigenvalue weighted by Crippen LogP contribution is -2.63. The number of fused-ring (bicyclic) bond motifs is 4. The highest BCUT2D eigenvalue weighted by atomic mass is 16.5. The monoisotopic (exact) mass is 446 g/mol. The number of benzene rings is 1. The lowest BCUT2D eigenvalue weighted by atomic mass is 9.53. The molecule has 3 heterocycles. The van der Waals surface area contributed by atoms with Crippen molar-refractivity contribution >= 4 is 11.7 Å². The molecule has 2 amide bonds. The van der Waals surface area contributed by atoms with Gasteiger partial charge in [-0.25, -0.2) is 4.79 Å². The number of amides is 2. The van der Waals surface area contributed by atoms with Crippen LogP contribution in [0.2, 0.25) is 0 Å². The highest BCUT2D eigenvalue weighted by molar-refractivity contribution is 5.76. The molecule has 0 unspecified atom stereocenters. The summed E-state index contributed by atoms with van der Waals surface area (Å²) in [6.07, 6.45) is 11.8. The largest absolute Gasteiger partial charge is 0.497 e. The molecule has 0 radical (unpaired) electrons. The molecule has 4 bridgehead atoms. The third-order valence-corrected chi connectivity index (χ3v) is 9.39. The molecule has 6 heteroatoms. The number of piperidine rings is 1. The fourth-order valence-corrected chi connectivity index (χ4v) is 8.30. The van der Waals surface area contributed by atoms with E-state index < -0.39 is 0 Å². The topological polar surface area (TPSA) is 58.5 Å². The normalized spacial score (nSPS) is 32.8. The van der Waals surface area contributed by atoms with Gasteiger partial charge in [-0.2, -0.15) is 0 Å². The molecule has 1 spiro atoms. The van der Waals surface area contributed by atoms with Gasteiger partial charge in [0.15, 0.2) is 0 Å². The number of aromatic nitrogens is 1. The molecule has 0 atom stereocenters. The van der Waals surface area contributed by atoms with Crippen LogP contribution in [0.1, 0.15) is 57.1 Å². The first-order valence-electron chi connectivity index (χ1n) is 12.8. The summed E-state index contributed by atoms with van der Waals surface area (Å²) in [5, 5.41) is 7.43. The van der Waals surface area contributed by atoms with Crippen molar-refractivity contribution in [3.8, 4) is 11.4 Å². The van der Waals surface area contributed by atoms with Crippen LogP contribution in [0.4, 0.5) is 10.5 Å². The van der Waals surface area contributed by atoms with E-state index in [4.69, 9.17) is 4.74 Å². The molecule has 5 fully saturated rings. The molecule has 2 N–H and O–H groups in total. The standard InChI is InChI=1S/C27H34N4O2/c1-33-21-4-5-23-22(14-21)28-27(24-3-2-8-31(23)24)6-9-30(10-7-27)25(32)29-26-15-18-11-19(16-26)13-20(12-18)17-26/h2-5,8,14,18-20,28H,6-7,9-13,15-17H2,1H3,(H,29,32). The number of methoxy groups -OCH3 is 1. The van der Waals surface area contributed by atoms with Gasteiger partial charge in [0.2, 0.25) is 0 Å². The zero-order valence-electron chi connectivity index (χ0n) is 19.5. The Balaban J connectivity index is 1.09. The summed E-state index contributed by atoms with van der Waals surface area (Å²) >= 11 is 0. The molecule has 4 aliphatic carbocycles. The average molecular weight is 447 g/mol. The first kappa shape index (κ1) is 19.8. The predicted molar refractivity (Wildman–Crippen MR) is 128 cm³/mol. The summed E-state index contributed by atoms with van der Waals surface area (Å²) in [4.78, 5) is 15.5. The first-order chi connectivity index (χ1) is 16.0. The van der Waals surface area contributed by atoms with Crippen LogP contribution >= 0.6 is 0 Å². The lowest BCUT2D eigenvalue weighted by molar-refractivity contribution is -0.0162. The zero-order chi connectivity index (χ0) is 22.2. The van der Waals surface area contributed by atoms with Gasteiger partial charge in [0.05, 0.1) is 24.0 Å².